The van der Waals surface area contributed by atoms with E-state index in [-0.39, 0.29) is 25.6 Å². The molecule has 0 atom stereocenters. The molecule has 0 amide bonds. The Morgan fingerprint density at radius 1 is 0.833 bits per heavy atom. The van der Waals surface area contributed by atoms with E-state index in [1.165, 1.54) is 0 Å². The molecule has 0 saturated carbocycles. The highest BCUT2D eigenvalue weighted by Crippen LogP contribution is 2.26. The Labute approximate surface area is 144 Å². The van der Waals surface area contributed by atoms with E-state index in [9.17, 15) is 19.2 Å². The molecular formula is C18H30O6. The van der Waals surface area contributed by atoms with Crippen molar-refractivity contribution in [3.05, 3.63) is 0 Å². The molecule has 0 aromatic carbocycles. The zero-order valence-corrected chi connectivity index (χ0v) is 15.9. The number of carbonyl (C=O) groups excluding carboxylic acids is 4. The highest BCUT2D eigenvalue weighted by molar-refractivity contribution is 6.40. The third-order valence-corrected chi connectivity index (χ3v) is 3.53. The Kier molecular flexibility index (Phi) is 8.30. The van der Waals surface area contributed by atoms with Crippen molar-refractivity contribution in [2.45, 2.75) is 61.3 Å². The molecule has 0 bridgehead atoms. The Morgan fingerprint density at radius 2 is 1.25 bits per heavy atom. The fraction of sp³-hybridized carbons (Fsp3) is 0.778. The molecule has 0 heterocycles. The van der Waals surface area contributed by atoms with Crippen LogP contribution in [0.1, 0.15) is 61.3 Å². The first kappa shape index (κ1) is 22.3. The highest BCUT2D eigenvalue weighted by Gasteiger charge is 2.42. The topological polar surface area (TPSA) is 86.7 Å². The van der Waals surface area contributed by atoms with Gasteiger partial charge in [-0.05, 0) is 34.1 Å². The van der Waals surface area contributed by atoms with Gasteiger partial charge in [0.2, 0.25) is 11.6 Å². The normalized spacial score (nSPS) is 12.0. The highest BCUT2D eigenvalue weighted by atomic mass is 16.5. The fourth-order valence-corrected chi connectivity index (χ4v) is 1.70. The van der Waals surface area contributed by atoms with Crippen molar-refractivity contribution in [3.63, 3.8) is 0 Å². The predicted molar refractivity (Wildman–Crippen MR) is 89.2 cm³/mol. The molecule has 0 radical (unpaired) electrons. The van der Waals surface area contributed by atoms with Gasteiger partial charge >= 0.3 is 11.9 Å². The van der Waals surface area contributed by atoms with Crippen LogP contribution in [0.3, 0.4) is 0 Å². The number of hydrogen-bond acceptors (Lipinski definition) is 6. The van der Waals surface area contributed by atoms with Gasteiger partial charge in [-0.3, -0.25) is 19.2 Å². The van der Waals surface area contributed by atoms with Gasteiger partial charge in [-0.15, -0.1) is 0 Å². The van der Waals surface area contributed by atoms with Gasteiger partial charge in [-0.2, -0.15) is 0 Å². The summed E-state index contributed by atoms with van der Waals surface area (Å²) in [5.74, 6) is -2.40. The van der Waals surface area contributed by atoms with E-state index in [1.54, 1.807) is 41.5 Å². The third-order valence-electron chi connectivity index (χ3n) is 3.53. The van der Waals surface area contributed by atoms with E-state index in [0.29, 0.717) is 6.42 Å². The summed E-state index contributed by atoms with van der Waals surface area (Å²) in [5, 5.41) is 0. The number of esters is 2. The molecule has 0 spiro atoms. The molecule has 138 valence electrons. The minimum atomic E-state index is -1.13. The van der Waals surface area contributed by atoms with Gasteiger partial charge in [-0.25, -0.2) is 0 Å². The first-order valence-electron chi connectivity index (χ1n) is 8.26. The molecule has 24 heavy (non-hydrogen) atoms. The van der Waals surface area contributed by atoms with Crippen molar-refractivity contribution in [1.29, 1.82) is 0 Å². The second-order valence-electron chi connectivity index (χ2n) is 7.60. The lowest BCUT2D eigenvalue weighted by Crippen LogP contribution is -2.44. The van der Waals surface area contributed by atoms with Crippen molar-refractivity contribution in [2.24, 2.45) is 16.7 Å². The maximum Gasteiger partial charge on any atom is 0.308 e. The van der Waals surface area contributed by atoms with Crippen molar-refractivity contribution < 1.29 is 28.7 Å². The zero-order valence-electron chi connectivity index (χ0n) is 15.9. The Hall–Kier alpha value is -1.72. The Balaban J connectivity index is 4.83. The van der Waals surface area contributed by atoms with Gasteiger partial charge in [-0.1, -0.05) is 20.8 Å². The van der Waals surface area contributed by atoms with Crippen LogP contribution in [-0.4, -0.2) is 36.7 Å². The van der Waals surface area contributed by atoms with Crippen LogP contribution >= 0.6 is 0 Å². The molecule has 0 rings (SSSR count). The van der Waals surface area contributed by atoms with Gasteiger partial charge < -0.3 is 9.47 Å². The predicted octanol–water partition coefficient (Wildman–Crippen LogP) is 2.72. The fourth-order valence-electron chi connectivity index (χ4n) is 1.70. The smallest absolute Gasteiger partial charge is 0.308 e. The van der Waals surface area contributed by atoms with E-state index in [2.05, 4.69) is 0 Å². The summed E-state index contributed by atoms with van der Waals surface area (Å²) in [6.07, 6.45) is 0.926. The molecule has 0 aromatic heterocycles. The molecule has 6 heteroatoms. The molecule has 0 fully saturated rings. The van der Waals surface area contributed by atoms with Crippen molar-refractivity contribution in [2.75, 3.05) is 13.2 Å². The molecular weight excluding hydrogens is 312 g/mol. The molecule has 0 aliphatic carbocycles. The van der Waals surface area contributed by atoms with E-state index >= 15 is 0 Å². The third kappa shape index (κ3) is 6.81. The molecule has 0 N–H and O–H groups in total. The van der Waals surface area contributed by atoms with Crippen molar-refractivity contribution in [3.8, 4) is 0 Å². The minimum absolute atomic E-state index is 0.154. The number of ether oxygens (including phenoxy) is 2. The molecule has 0 saturated heterocycles. The second-order valence-corrected chi connectivity index (χ2v) is 7.60. The number of rotatable bonds is 10. The van der Waals surface area contributed by atoms with Crippen LogP contribution in [0.2, 0.25) is 0 Å². The SMILES string of the molecule is CCCC(=O)OCC(C)(C)C(=O)C(=O)C(C)(C)COC(=O)C(C)C. The molecule has 6 nitrogen and oxygen atoms in total. The largest absolute Gasteiger partial charge is 0.465 e. The van der Waals surface area contributed by atoms with Crippen LogP contribution in [0, 0.1) is 16.7 Å². The maximum atomic E-state index is 12.5. The second kappa shape index (κ2) is 8.94. The van der Waals surface area contributed by atoms with Crippen LogP contribution in [-0.2, 0) is 28.7 Å². The van der Waals surface area contributed by atoms with Crippen LogP contribution in [0.25, 0.3) is 0 Å². The number of hydrogen-bond donors (Lipinski definition) is 0. The number of ketones is 2. The first-order chi connectivity index (χ1) is 10.8. The van der Waals surface area contributed by atoms with Crippen LogP contribution in [0.5, 0.6) is 0 Å². The van der Waals surface area contributed by atoms with Crippen molar-refractivity contribution in [1.82, 2.24) is 0 Å². The molecule has 0 unspecified atom stereocenters. The standard InChI is InChI=1S/C18H30O6/c1-8-9-13(19)23-10-17(4,5)14(20)15(21)18(6,7)11-24-16(22)12(2)3/h12H,8-11H2,1-7H3. The van der Waals surface area contributed by atoms with Crippen LogP contribution in [0.15, 0.2) is 0 Å². The first-order valence-corrected chi connectivity index (χ1v) is 8.26. The van der Waals surface area contributed by atoms with E-state index in [0.717, 1.165) is 0 Å². The summed E-state index contributed by atoms with van der Waals surface area (Å²) in [5.41, 5.74) is -2.26. The van der Waals surface area contributed by atoms with Crippen LogP contribution < -0.4 is 0 Å². The minimum Gasteiger partial charge on any atom is -0.465 e. The quantitative estimate of drug-likeness (QED) is 0.448. The summed E-state index contributed by atoms with van der Waals surface area (Å²) >= 11 is 0. The molecule has 0 aliphatic heterocycles. The monoisotopic (exact) mass is 342 g/mol. The van der Waals surface area contributed by atoms with Crippen molar-refractivity contribution >= 4 is 23.5 Å². The summed E-state index contributed by atoms with van der Waals surface area (Å²) in [6, 6.07) is 0. The Bertz CT molecular complexity index is 488. The van der Waals surface area contributed by atoms with E-state index < -0.39 is 34.3 Å². The lowest BCUT2D eigenvalue weighted by Gasteiger charge is -2.28. The summed E-state index contributed by atoms with van der Waals surface area (Å²) in [4.78, 5) is 47.9. The van der Waals surface area contributed by atoms with Gasteiger partial charge in [0.05, 0.1) is 16.7 Å². The maximum absolute atomic E-state index is 12.5. The van der Waals surface area contributed by atoms with Gasteiger partial charge in [0, 0.05) is 6.42 Å². The summed E-state index contributed by atoms with van der Waals surface area (Å²) < 4.78 is 10.1. The number of carbonyl (C=O) groups is 4. The summed E-state index contributed by atoms with van der Waals surface area (Å²) in [6.45, 7) is 11.1. The lowest BCUT2D eigenvalue weighted by atomic mass is 9.77. The summed E-state index contributed by atoms with van der Waals surface area (Å²) in [7, 11) is 0. The zero-order chi connectivity index (χ0) is 19.1. The number of Topliss-reactive ketones (excluding diaryl/α,β-unsaturated/α-hetero) is 2. The average molecular weight is 342 g/mol. The van der Waals surface area contributed by atoms with E-state index in [4.69, 9.17) is 9.47 Å². The lowest BCUT2D eigenvalue weighted by molar-refractivity contribution is -0.159. The van der Waals surface area contributed by atoms with E-state index in [1.807, 2.05) is 6.92 Å². The Morgan fingerprint density at radius 3 is 1.62 bits per heavy atom. The van der Waals surface area contributed by atoms with Gasteiger partial charge in [0.1, 0.15) is 13.2 Å². The molecule has 0 aliphatic rings. The van der Waals surface area contributed by atoms with Gasteiger partial charge in [0.15, 0.2) is 0 Å². The van der Waals surface area contributed by atoms with Gasteiger partial charge in [0.25, 0.3) is 0 Å². The average Bonchev–Trinajstić information content (AvgIpc) is 2.49. The molecule has 0 aromatic rings. The van der Waals surface area contributed by atoms with Crippen LogP contribution in [0.4, 0.5) is 0 Å².